The van der Waals surface area contributed by atoms with Gasteiger partial charge in [0, 0.05) is 0 Å². The Hall–Kier alpha value is -0.430. The van der Waals surface area contributed by atoms with Gasteiger partial charge in [-0.3, -0.25) is 0 Å². The van der Waals surface area contributed by atoms with Crippen LogP contribution in [0.15, 0.2) is 6.33 Å². The summed E-state index contributed by atoms with van der Waals surface area (Å²) in [6.07, 6.45) is 1.54. The number of nitrogens with zero attached hydrogens (tertiary/aromatic N) is 2. The van der Waals surface area contributed by atoms with E-state index in [1.807, 2.05) is 0 Å². The molecular weight excluding hydrogens is 185 g/mol. The molecule has 0 aliphatic rings. The molecule has 2 aromatic heterocycles. The molecule has 0 atom stereocenters. The van der Waals surface area contributed by atoms with Gasteiger partial charge >= 0.3 is 29.6 Å². The first kappa shape index (κ1) is 9.66. The molecule has 2 rings (SSSR count). The Balaban J connectivity index is 0.000000720. The van der Waals surface area contributed by atoms with Crippen molar-refractivity contribution in [3.63, 3.8) is 0 Å². The number of hydrogen-bond donors (Lipinski definition) is 3. The van der Waals surface area contributed by atoms with Gasteiger partial charge < -0.3 is 17.1 Å². The number of rotatable bonds is 0. The molecule has 0 radical (unpaired) electrons. The van der Waals surface area contributed by atoms with Gasteiger partial charge in [-0.15, -0.1) is 0 Å². The first-order chi connectivity index (χ1) is 5.27. The fourth-order valence-electron chi connectivity index (χ4n) is 0.867. The zero-order chi connectivity index (χ0) is 7.84. The van der Waals surface area contributed by atoms with E-state index >= 15 is 0 Å². The number of nitrogen functional groups attached to an aromatic ring is 1. The van der Waals surface area contributed by atoms with E-state index in [4.69, 9.17) is 18.0 Å². The van der Waals surface area contributed by atoms with E-state index in [-0.39, 0.29) is 36.9 Å². The fourth-order valence-corrected chi connectivity index (χ4v) is 1.12. The molecule has 0 fully saturated rings. The smallest absolute Gasteiger partial charge is 1.00 e. The minimum Gasteiger partial charge on any atom is -1.00 e. The van der Waals surface area contributed by atoms with Gasteiger partial charge in [-0.2, -0.15) is 0 Å². The second-order valence-electron chi connectivity index (χ2n) is 2.05. The average molecular weight is 191 g/mol. The van der Waals surface area contributed by atoms with Crippen molar-refractivity contribution in [1.29, 1.82) is 0 Å². The summed E-state index contributed by atoms with van der Waals surface area (Å²) in [6.45, 7) is 0. The Labute approximate surface area is 96.6 Å². The Morgan fingerprint density at radius 1 is 1.58 bits per heavy atom. The summed E-state index contributed by atoms with van der Waals surface area (Å²) in [5, 5.41) is 0. The molecule has 4 N–H and O–H groups in total. The molecule has 58 valence electrons. The monoisotopic (exact) mass is 191 g/mol. The number of fused-ring (bicyclic) bond motifs is 1. The van der Waals surface area contributed by atoms with Gasteiger partial charge in [0.1, 0.15) is 5.52 Å². The van der Waals surface area contributed by atoms with E-state index in [1.165, 1.54) is 6.33 Å². The molecule has 0 spiro atoms. The molecule has 0 aliphatic heterocycles. The first-order valence-electron chi connectivity index (χ1n) is 2.96. The zero-order valence-corrected chi connectivity index (χ0v) is 9.27. The van der Waals surface area contributed by atoms with Crippen LogP contribution in [0.4, 0.5) is 5.95 Å². The predicted octanol–water partition coefficient (Wildman–Crippen LogP) is -2.29. The van der Waals surface area contributed by atoms with Gasteiger partial charge in [0.15, 0.2) is 10.3 Å². The van der Waals surface area contributed by atoms with Crippen molar-refractivity contribution in [2.75, 3.05) is 5.73 Å². The van der Waals surface area contributed by atoms with E-state index in [2.05, 4.69) is 19.9 Å². The summed E-state index contributed by atoms with van der Waals surface area (Å²) >= 11 is 4.91. The molecule has 2 aromatic rings. The number of imidazole rings is 1. The number of aromatic amines is 2. The Morgan fingerprint density at radius 3 is 3.08 bits per heavy atom. The minimum absolute atomic E-state index is 0. The molecule has 7 heteroatoms. The van der Waals surface area contributed by atoms with Crippen LogP contribution >= 0.6 is 12.2 Å². The summed E-state index contributed by atoms with van der Waals surface area (Å²) in [5.74, 6) is 0.287. The average Bonchev–Trinajstić information content (AvgIpc) is 2.34. The Morgan fingerprint density at radius 2 is 2.33 bits per heavy atom. The number of aromatic nitrogens is 4. The van der Waals surface area contributed by atoms with Gasteiger partial charge in [-0.1, -0.05) is 12.2 Å². The number of hydrogen-bond acceptors (Lipinski definition) is 4. The third-order valence-electron chi connectivity index (χ3n) is 1.32. The molecule has 0 aromatic carbocycles. The molecule has 0 saturated heterocycles. The van der Waals surface area contributed by atoms with Crippen LogP contribution < -0.4 is 35.3 Å². The first-order valence-corrected chi connectivity index (χ1v) is 3.37. The van der Waals surface area contributed by atoms with E-state index in [9.17, 15) is 0 Å². The summed E-state index contributed by atoms with van der Waals surface area (Å²) in [7, 11) is 0. The Bertz CT molecular complexity index is 451. The summed E-state index contributed by atoms with van der Waals surface area (Å²) < 4.78 is 0.439. The van der Waals surface area contributed by atoms with Crippen molar-refractivity contribution in [3.05, 3.63) is 11.0 Å². The Kier molecular flexibility index (Phi) is 2.84. The molecule has 0 aliphatic carbocycles. The van der Waals surface area contributed by atoms with Crippen LogP contribution in [0.2, 0.25) is 0 Å². The van der Waals surface area contributed by atoms with Crippen LogP contribution in [-0.2, 0) is 0 Å². The van der Waals surface area contributed by atoms with E-state index in [1.54, 1.807) is 0 Å². The van der Waals surface area contributed by atoms with Gasteiger partial charge in [-0.25, -0.2) is 9.97 Å². The molecule has 2 heterocycles. The van der Waals surface area contributed by atoms with Gasteiger partial charge in [0.05, 0.1) is 6.33 Å². The van der Waals surface area contributed by atoms with Crippen molar-refractivity contribution in [1.82, 2.24) is 19.9 Å². The summed E-state index contributed by atoms with van der Waals surface area (Å²) in [4.78, 5) is 13.4. The maximum absolute atomic E-state index is 5.40. The largest absolute Gasteiger partial charge is 1.00 e. The van der Waals surface area contributed by atoms with Crippen LogP contribution in [0.3, 0.4) is 0 Å². The summed E-state index contributed by atoms with van der Waals surface area (Å²) in [5.41, 5.74) is 6.75. The maximum atomic E-state index is 5.40. The normalized spacial score (nSPS) is 9.67. The van der Waals surface area contributed by atoms with E-state index < -0.39 is 0 Å². The molecule has 0 amide bonds. The minimum atomic E-state index is 0. The topological polar surface area (TPSA) is 83.4 Å². The second-order valence-corrected chi connectivity index (χ2v) is 2.44. The third kappa shape index (κ3) is 1.51. The molecule has 5 nitrogen and oxygen atoms in total. The second kappa shape index (κ2) is 3.53. The van der Waals surface area contributed by atoms with Crippen molar-refractivity contribution in [2.24, 2.45) is 0 Å². The standard InChI is InChI=1S/C5H5N5S.Na.H/c6-5-9-3-2(4(11)10-5)7-1-8-3;;/h1H,(H4,6,7,8,9,10,11);;/q;+1;-1. The van der Waals surface area contributed by atoms with Crippen LogP contribution in [0, 0.1) is 4.64 Å². The van der Waals surface area contributed by atoms with Crippen molar-refractivity contribution in [2.45, 2.75) is 0 Å². The number of anilines is 1. The van der Waals surface area contributed by atoms with Crippen LogP contribution in [0.1, 0.15) is 1.43 Å². The molecular formula is C5H6N5NaS. The van der Waals surface area contributed by atoms with Gasteiger partial charge in [0.25, 0.3) is 0 Å². The third-order valence-corrected chi connectivity index (χ3v) is 1.62. The van der Waals surface area contributed by atoms with E-state index in [0.717, 1.165) is 0 Å². The molecule has 0 bridgehead atoms. The predicted molar refractivity (Wildman–Crippen MR) is 44.6 cm³/mol. The zero-order valence-electron chi connectivity index (χ0n) is 7.46. The van der Waals surface area contributed by atoms with Crippen molar-refractivity contribution >= 4 is 29.3 Å². The number of H-pyrrole nitrogens is 2. The van der Waals surface area contributed by atoms with Crippen LogP contribution in [-0.4, -0.2) is 19.9 Å². The van der Waals surface area contributed by atoms with Crippen molar-refractivity contribution in [3.8, 4) is 0 Å². The van der Waals surface area contributed by atoms with Gasteiger partial charge in [0.2, 0.25) is 5.95 Å². The number of nitrogens with two attached hydrogens (primary N) is 1. The van der Waals surface area contributed by atoms with E-state index in [0.29, 0.717) is 15.8 Å². The van der Waals surface area contributed by atoms with Crippen LogP contribution in [0.5, 0.6) is 0 Å². The summed E-state index contributed by atoms with van der Waals surface area (Å²) in [6, 6.07) is 0. The fraction of sp³-hybridized carbons (Fsp3) is 0. The molecule has 0 unspecified atom stereocenters. The van der Waals surface area contributed by atoms with Crippen molar-refractivity contribution < 1.29 is 31.0 Å². The molecule has 12 heavy (non-hydrogen) atoms. The molecule has 0 saturated carbocycles. The van der Waals surface area contributed by atoms with Crippen LogP contribution in [0.25, 0.3) is 11.2 Å². The quantitative estimate of drug-likeness (QED) is 0.323. The SMILES string of the molecule is Nc1nc(=S)c2[nH]cnc2[nH]1.[H-].[Na+]. The van der Waals surface area contributed by atoms with Gasteiger partial charge in [-0.05, 0) is 0 Å². The number of nitrogens with one attached hydrogen (secondary N) is 2. The maximum Gasteiger partial charge on any atom is 1.00 e.